The zero-order valence-corrected chi connectivity index (χ0v) is 42.5. The Hall–Kier alpha value is -6.06. The lowest BCUT2D eigenvalue weighted by Gasteiger charge is -2.12. The molecule has 0 aliphatic rings. The van der Waals surface area contributed by atoms with E-state index in [-0.39, 0.29) is 5.56 Å². The van der Waals surface area contributed by atoms with E-state index in [0.717, 1.165) is 36.5 Å². The topological polar surface area (TPSA) is 105 Å². The first-order chi connectivity index (χ1) is 34.2. The molecule has 0 fully saturated rings. The largest absolute Gasteiger partial charge is 0.423 e. The van der Waals surface area contributed by atoms with Crippen LogP contribution >= 0.6 is 11.3 Å². The highest BCUT2D eigenvalue weighted by Gasteiger charge is 2.17. The first-order valence-corrected chi connectivity index (χ1v) is 26.8. The number of thiophene rings is 1. The number of carbonyl (C=O) groups excluding carboxylic acids is 4. The highest BCUT2D eigenvalue weighted by atomic mass is 32.1. The van der Waals surface area contributed by atoms with Gasteiger partial charge in [-0.3, -0.25) is 0 Å². The Bertz CT molecular complexity index is 2560. The fourth-order valence-electron chi connectivity index (χ4n) is 8.60. The monoisotopic (exact) mass is 964 g/mol. The number of carbonyl (C=O) groups is 4. The zero-order valence-electron chi connectivity index (χ0n) is 41.7. The molecular formula is C61H72O8S. The van der Waals surface area contributed by atoms with E-state index in [2.05, 4.69) is 13.8 Å². The van der Waals surface area contributed by atoms with Gasteiger partial charge in [0.2, 0.25) is 0 Å². The number of ether oxygens (including phenoxy) is 4. The Morgan fingerprint density at radius 1 is 0.400 bits per heavy atom. The smallest absolute Gasteiger partial charge is 0.353 e. The molecule has 0 aliphatic carbocycles. The summed E-state index contributed by atoms with van der Waals surface area (Å²) in [6.07, 6.45) is 27.9. The molecule has 0 amide bonds. The van der Waals surface area contributed by atoms with E-state index < -0.39 is 23.9 Å². The van der Waals surface area contributed by atoms with Gasteiger partial charge in [0, 0.05) is 4.88 Å². The average Bonchev–Trinajstić information content (AvgIpc) is 3.86. The molecule has 5 aromatic carbocycles. The third-order valence-electron chi connectivity index (χ3n) is 12.9. The Morgan fingerprint density at radius 3 is 1.34 bits per heavy atom. The van der Waals surface area contributed by atoms with Gasteiger partial charge >= 0.3 is 23.9 Å². The highest BCUT2D eigenvalue weighted by Crippen LogP contribution is 2.32. The second-order valence-electron chi connectivity index (χ2n) is 18.5. The Balaban J connectivity index is 0.922. The molecule has 0 atom stereocenters. The summed E-state index contributed by atoms with van der Waals surface area (Å²) >= 11 is 1.47. The molecule has 70 heavy (non-hydrogen) atoms. The van der Waals surface area contributed by atoms with Gasteiger partial charge in [0.25, 0.3) is 0 Å². The van der Waals surface area contributed by atoms with E-state index >= 15 is 0 Å². The van der Waals surface area contributed by atoms with Crippen LogP contribution in [0.25, 0.3) is 10.8 Å². The second kappa shape index (κ2) is 29.2. The van der Waals surface area contributed by atoms with Gasteiger partial charge in [-0.1, -0.05) is 154 Å². The minimum Gasteiger partial charge on any atom is -0.423 e. The number of benzene rings is 5. The van der Waals surface area contributed by atoms with Crippen LogP contribution in [0.3, 0.4) is 0 Å². The van der Waals surface area contributed by atoms with Gasteiger partial charge in [-0.25, -0.2) is 19.2 Å². The molecule has 370 valence electrons. The molecule has 0 N–H and O–H groups in total. The van der Waals surface area contributed by atoms with Crippen molar-refractivity contribution in [3.63, 3.8) is 0 Å². The van der Waals surface area contributed by atoms with Crippen LogP contribution in [0.1, 0.15) is 199 Å². The third kappa shape index (κ3) is 17.4. The number of fused-ring (bicyclic) bond motifs is 1. The van der Waals surface area contributed by atoms with Crippen LogP contribution in [-0.2, 0) is 12.8 Å². The predicted molar refractivity (Wildman–Crippen MR) is 283 cm³/mol. The fraction of sp³-hybridized carbons (Fsp3) is 0.410. The minimum absolute atomic E-state index is 0.284. The van der Waals surface area contributed by atoms with Gasteiger partial charge < -0.3 is 18.9 Å². The molecule has 0 bridgehead atoms. The predicted octanol–water partition coefficient (Wildman–Crippen LogP) is 17.0. The summed E-state index contributed by atoms with van der Waals surface area (Å²) in [5, 5.41) is 1.61. The van der Waals surface area contributed by atoms with Crippen molar-refractivity contribution in [3.05, 3.63) is 153 Å². The molecule has 0 saturated heterocycles. The lowest BCUT2D eigenvalue weighted by molar-refractivity contribution is 0.0721. The molecule has 6 rings (SSSR count). The molecule has 0 aliphatic heterocycles. The minimum atomic E-state index is -0.579. The van der Waals surface area contributed by atoms with Crippen LogP contribution in [0, 0.1) is 6.92 Å². The number of aryl methyl sites for hydroxylation is 3. The summed E-state index contributed by atoms with van der Waals surface area (Å²) in [6.45, 7) is 6.34. The maximum atomic E-state index is 13.3. The van der Waals surface area contributed by atoms with Gasteiger partial charge in [0.15, 0.2) is 0 Å². The first-order valence-electron chi connectivity index (χ1n) is 26.0. The van der Waals surface area contributed by atoms with Crippen molar-refractivity contribution in [3.8, 4) is 23.0 Å². The van der Waals surface area contributed by atoms with Crippen LogP contribution < -0.4 is 18.9 Å². The summed E-state index contributed by atoms with van der Waals surface area (Å²) in [7, 11) is 0. The Labute approximate surface area is 420 Å². The fourth-order valence-corrected chi connectivity index (χ4v) is 9.53. The third-order valence-corrected chi connectivity index (χ3v) is 14.0. The summed E-state index contributed by atoms with van der Waals surface area (Å²) in [4.78, 5) is 54.0. The van der Waals surface area contributed by atoms with Crippen molar-refractivity contribution in [2.45, 2.75) is 162 Å². The summed E-state index contributed by atoms with van der Waals surface area (Å²) in [6, 6.07) is 32.8. The molecule has 0 unspecified atom stereocenters. The highest BCUT2D eigenvalue weighted by molar-refractivity contribution is 7.13. The van der Waals surface area contributed by atoms with Gasteiger partial charge in [-0.15, -0.1) is 11.3 Å². The van der Waals surface area contributed by atoms with Crippen molar-refractivity contribution in [1.29, 1.82) is 0 Å². The molecule has 8 nitrogen and oxygen atoms in total. The molecule has 0 saturated carbocycles. The summed E-state index contributed by atoms with van der Waals surface area (Å²) in [5.74, 6) is -0.720. The number of hydrogen-bond donors (Lipinski definition) is 0. The summed E-state index contributed by atoms with van der Waals surface area (Å²) in [5.41, 5.74) is 2.94. The number of unbranched alkanes of at least 4 members (excludes halogenated alkanes) is 18. The lowest BCUT2D eigenvalue weighted by atomic mass is 10.0. The second-order valence-corrected chi connectivity index (χ2v) is 19.7. The van der Waals surface area contributed by atoms with E-state index in [0.29, 0.717) is 44.6 Å². The van der Waals surface area contributed by atoms with Crippen LogP contribution in [0.5, 0.6) is 23.0 Å². The molecule has 0 spiro atoms. The van der Waals surface area contributed by atoms with Crippen molar-refractivity contribution in [1.82, 2.24) is 0 Å². The molecule has 9 heteroatoms. The van der Waals surface area contributed by atoms with Gasteiger partial charge in [-0.2, -0.15) is 0 Å². The number of esters is 4. The van der Waals surface area contributed by atoms with Gasteiger partial charge in [0.05, 0.1) is 16.7 Å². The SMILES string of the molecule is CCCCCCCCCCCCc1ccc(C(=O)Oc2ccc(C(=O)Oc3ccc4ccc(OC(=O)c5ccc(OC(=O)c6ccc(CCCCCCCCCCCC)s6)cc5)c(C)c4c3)cc2)cc1. The molecular weight excluding hydrogens is 893 g/mol. The van der Waals surface area contributed by atoms with Crippen LogP contribution in [0.4, 0.5) is 0 Å². The Morgan fingerprint density at radius 2 is 0.814 bits per heavy atom. The van der Waals surface area contributed by atoms with Crippen LogP contribution in [0.15, 0.2) is 115 Å². The van der Waals surface area contributed by atoms with Crippen LogP contribution in [-0.4, -0.2) is 23.9 Å². The normalized spacial score (nSPS) is 11.1. The van der Waals surface area contributed by atoms with E-state index in [1.165, 1.54) is 137 Å². The van der Waals surface area contributed by atoms with Crippen molar-refractivity contribution >= 4 is 46.0 Å². The molecule has 1 heterocycles. The maximum Gasteiger partial charge on any atom is 0.353 e. The van der Waals surface area contributed by atoms with Crippen LogP contribution in [0.2, 0.25) is 0 Å². The van der Waals surface area contributed by atoms with Crippen molar-refractivity contribution < 1.29 is 38.1 Å². The molecule has 1 aromatic heterocycles. The maximum absolute atomic E-state index is 13.3. The van der Waals surface area contributed by atoms with Crippen molar-refractivity contribution in [2.75, 3.05) is 0 Å². The first kappa shape index (κ1) is 53.3. The van der Waals surface area contributed by atoms with E-state index in [1.807, 2.05) is 43.3 Å². The quantitative estimate of drug-likeness (QED) is 0.0250. The Kier molecular flexibility index (Phi) is 22.2. The zero-order chi connectivity index (χ0) is 49.3. The number of hydrogen-bond acceptors (Lipinski definition) is 9. The summed E-state index contributed by atoms with van der Waals surface area (Å²) < 4.78 is 22.8. The van der Waals surface area contributed by atoms with Crippen molar-refractivity contribution in [2.24, 2.45) is 0 Å². The van der Waals surface area contributed by atoms with Gasteiger partial charge in [0.1, 0.15) is 27.9 Å². The molecule has 0 radical (unpaired) electrons. The molecule has 6 aromatic rings. The van der Waals surface area contributed by atoms with Gasteiger partial charge in [-0.05, 0) is 146 Å². The van der Waals surface area contributed by atoms with E-state index in [4.69, 9.17) is 18.9 Å². The lowest BCUT2D eigenvalue weighted by Crippen LogP contribution is -2.11. The van der Waals surface area contributed by atoms with E-state index in [9.17, 15) is 19.2 Å². The number of rotatable bonds is 30. The standard InChI is InChI=1S/C61H72O8S/c1-4-6-8-10-12-14-16-18-20-22-24-46-26-28-48(29-27-46)58(62)66-51-36-31-49(32-37-51)59(63)68-53-40-30-47-35-42-56(45(3)55(47)44-53)69-60(64)50-33-38-52(39-34-50)67-61(65)57-43-41-54(70-57)25-23-21-19-17-15-13-11-9-7-5-2/h26-44H,4-25H2,1-3H3. The average molecular weight is 965 g/mol. The van der Waals surface area contributed by atoms with E-state index in [1.54, 1.807) is 78.9 Å².